The van der Waals surface area contributed by atoms with Crippen molar-refractivity contribution in [2.45, 2.75) is 13.0 Å². The molecular formula is C18H23N3O. The van der Waals surface area contributed by atoms with Crippen LogP contribution in [0.5, 0.6) is 5.75 Å². The molecule has 22 heavy (non-hydrogen) atoms. The van der Waals surface area contributed by atoms with Gasteiger partial charge in [0.15, 0.2) is 0 Å². The molecule has 1 aromatic carbocycles. The van der Waals surface area contributed by atoms with Crippen LogP contribution in [-0.4, -0.2) is 42.7 Å². The van der Waals surface area contributed by atoms with Gasteiger partial charge in [-0.05, 0) is 36.8 Å². The summed E-state index contributed by atoms with van der Waals surface area (Å²) >= 11 is 0. The van der Waals surface area contributed by atoms with Crippen LogP contribution < -0.4 is 10.1 Å². The van der Waals surface area contributed by atoms with E-state index in [0.717, 1.165) is 37.6 Å². The Morgan fingerprint density at radius 2 is 2.05 bits per heavy atom. The fourth-order valence-electron chi connectivity index (χ4n) is 2.99. The Kier molecular flexibility index (Phi) is 5.03. The predicted molar refractivity (Wildman–Crippen MR) is 88.1 cm³/mol. The molecule has 3 rings (SSSR count). The van der Waals surface area contributed by atoms with E-state index < -0.39 is 0 Å². The van der Waals surface area contributed by atoms with Crippen LogP contribution in [0.1, 0.15) is 24.2 Å². The molecule has 1 saturated heterocycles. The fourth-order valence-corrected chi connectivity index (χ4v) is 2.99. The summed E-state index contributed by atoms with van der Waals surface area (Å²) in [4.78, 5) is 7.09. The third-order valence-corrected chi connectivity index (χ3v) is 3.97. The van der Waals surface area contributed by atoms with Crippen LogP contribution in [0.25, 0.3) is 0 Å². The molecule has 0 spiro atoms. The molecule has 0 aliphatic carbocycles. The number of piperazine rings is 1. The van der Waals surface area contributed by atoms with E-state index in [1.165, 1.54) is 5.56 Å². The highest BCUT2D eigenvalue weighted by Gasteiger charge is 2.25. The molecule has 1 unspecified atom stereocenters. The maximum atomic E-state index is 5.67. The Balaban J connectivity index is 1.95. The minimum atomic E-state index is 0.184. The summed E-state index contributed by atoms with van der Waals surface area (Å²) in [6, 6.07) is 14.7. The summed E-state index contributed by atoms with van der Waals surface area (Å²) in [5.41, 5.74) is 2.34. The molecule has 1 atom stereocenters. The molecular weight excluding hydrogens is 274 g/mol. The first-order chi connectivity index (χ1) is 10.9. The second-order valence-electron chi connectivity index (χ2n) is 5.45. The number of ether oxygens (including phenoxy) is 1. The Labute approximate surface area is 132 Å². The van der Waals surface area contributed by atoms with Crippen molar-refractivity contribution in [3.63, 3.8) is 0 Å². The maximum absolute atomic E-state index is 5.67. The highest BCUT2D eigenvalue weighted by Crippen LogP contribution is 2.29. The highest BCUT2D eigenvalue weighted by molar-refractivity contribution is 5.35. The van der Waals surface area contributed by atoms with Gasteiger partial charge in [0.2, 0.25) is 0 Å². The zero-order valence-corrected chi connectivity index (χ0v) is 13.0. The number of rotatable bonds is 5. The SMILES string of the molecule is CCOc1cccc(C(c2ccccn2)N2CCNCC2)c1. The minimum absolute atomic E-state index is 0.184. The monoisotopic (exact) mass is 297 g/mol. The van der Waals surface area contributed by atoms with Crippen molar-refractivity contribution in [3.8, 4) is 5.75 Å². The zero-order valence-electron chi connectivity index (χ0n) is 13.0. The quantitative estimate of drug-likeness (QED) is 0.920. The number of pyridine rings is 1. The van der Waals surface area contributed by atoms with Crippen LogP contribution in [-0.2, 0) is 0 Å². The van der Waals surface area contributed by atoms with Crippen LogP contribution in [0.2, 0.25) is 0 Å². The standard InChI is InChI=1S/C18H23N3O/c1-2-22-16-7-5-6-15(14-16)18(17-8-3-4-9-20-17)21-12-10-19-11-13-21/h3-9,14,18-19H,2,10-13H2,1H3. The summed E-state index contributed by atoms with van der Waals surface area (Å²) < 4.78 is 5.67. The third-order valence-electron chi connectivity index (χ3n) is 3.97. The lowest BCUT2D eigenvalue weighted by molar-refractivity contribution is 0.195. The van der Waals surface area contributed by atoms with Gasteiger partial charge in [0, 0.05) is 32.4 Å². The number of aromatic nitrogens is 1. The lowest BCUT2D eigenvalue weighted by Gasteiger charge is -2.35. The predicted octanol–water partition coefficient (Wildman–Crippen LogP) is 2.47. The first kappa shape index (κ1) is 15.0. The van der Waals surface area contributed by atoms with Crippen molar-refractivity contribution in [1.29, 1.82) is 0 Å². The first-order valence-corrected chi connectivity index (χ1v) is 7.97. The Morgan fingerprint density at radius 3 is 2.77 bits per heavy atom. The largest absolute Gasteiger partial charge is 0.494 e. The van der Waals surface area contributed by atoms with Crippen molar-refractivity contribution in [2.75, 3.05) is 32.8 Å². The third kappa shape index (κ3) is 3.46. The molecule has 0 saturated carbocycles. The maximum Gasteiger partial charge on any atom is 0.119 e. The highest BCUT2D eigenvalue weighted by atomic mass is 16.5. The van der Waals surface area contributed by atoms with E-state index in [1.807, 2.05) is 25.3 Å². The summed E-state index contributed by atoms with van der Waals surface area (Å²) in [7, 11) is 0. The van der Waals surface area contributed by atoms with Crippen LogP contribution in [0, 0.1) is 0 Å². The summed E-state index contributed by atoms with van der Waals surface area (Å²) in [5, 5.41) is 3.42. The Morgan fingerprint density at radius 1 is 1.18 bits per heavy atom. The minimum Gasteiger partial charge on any atom is -0.494 e. The average Bonchev–Trinajstić information content (AvgIpc) is 2.58. The second-order valence-corrected chi connectivity index (χ2v) is 5.45. The van der Waals surface area contributed by atoms with Crippen molar-refractivity contribution in [1.82, 2.24) is 15.2 Å². The Bertz CT molecular complexity index is 582. The Hall–Kier alpha value is -1.91. The molecule has 1 aliphatic heterocycles. The number of hydrogen-bond acceptors (Lipinski definition) is 4. The van der Waals surface area contributed by atoms with E-state index in [4.69, 9.17) is 4.74 Å². The number of hydrogen-bond donors (Lipinski definition) is 1. The molecule has 1 aromatic heterocycles. The topological polar surface area (TPSA) is 37.4 Å². The molecule has 2 heterocycles. The molecule has 0 radical (unpaired) electrons. The van der Waals surface area contributed by atoms with Crippen molar-refractivity contribution in [2.24, 2.45) is 0 Å². The second kappa shape index (κ2) is 7.38. The lowest BCUT2D eigenvalue weighted by atomic mass is 10.00. The van der Waals surface area contributed by atoms with Gasteiger partial charge in [0.25, 0.3) is 0 Å². The van der Waals surface area contributed by atoms with Crippen molar-refractivity contribution >= 4 is 0 Å². The normalized spacial score (nSPS) is 17.1. The van der Waals surface area contributed by atoms with E-state index in [1.54, 1.807) is 0 Å². The van der Waals surface area contributed by atoms with Crippen molar-refractivity contribution in [3.05, 3.63) is 59.9 Å². The van der Waals surface area contributed by atoms with Crippen LogP contribution in [0.4, 0.5) is 0 Å². The zero-order chi connectivity index (χ0) is 15.2. The number of benzene rings is 1. The van der Waals surface area contributed by atoms with Gasteiger partial charge >= 0.3 is 0 Å². The molecule has 0 amide bonds. The van der Waals surface area contributed by atoms with Gasteiger partial charge in [-0.25, -0.2) is 0 Å². The first-order valence-electron chi connectivity index (χ1n) is 7.97. The molecule has 4 nitrogen and oxygen atoms in total. The van der Waals surface area contributed by atoms with E-state index in [9.17, 15) is 0 Å². The molecule has 116 valence electrons. The molecule has 0 bridgehead atoms. The van der Waals surface area contributed by atoms with Gasteiger partial charge in [-0.15, -0.1) is 0 Å². The lowest BCUT2D eigenvalue weighted by Crippen LogP contribution is -2.45. The van der Waals surface area contributed by atoms with E-state index >= 15 is 0 Å². The van der Waals surface area contributed by atoms with E-state index in [-0.39, 0.29) is 6.04 Å². The van der Waals surface area contributed by atoms with Gasteiger partial charge in [0.05, 0.1) is 18.3 Å². The van der Waals surface area contributed by atoms with Crippen LogP contribution in [0.15, 0.2) is 48.7 Å². The summed E-state index contributed by atoms with van der Waals surface area (Å²) in [6.07, 6.45) is 1.87. The fraction of sp³-hybridized carbons (Fsp3) is 0.389. The molecule has 1 aliphatic rings. The van der Waals surface area contributed by atoms with Crippen molar-refractivity contribution < 1.29 is 4.74 Å². The van der Waals surface area contributed by atoms with Gasteiger partial charge in [0.1, 0.15) is 5.75 Å². The number of nitrogens with one attached hydrogen (secondary N) is 1. The van der Waals surface area contributed by atoms with Crippen LogP contribution >= 0.6 is 0 Å². The summed E-state index contributed by atoms with van der Waals surface area (Å²) in [5.74, 6) is 0.927. The molecule has 4 heteroatoms. The number of nitrogens with zero attached hydrogens (tertiary/aromatic N) is 2. The van der Waals surface area contributed by atoms with Gasteiger partial charge < -0.3 is 10.1 Å². The molecule has 1 N–H and O–H groups in total. The smallest absolute Gasteiger partial charge is 0.119 e. The van der Waals surface area contributed by atoms with Gasteiger partial charge in [-0.1, -0.05) is 18.2 Å². The van der Waals surface area contributed by atoms with E-state index in [0.29, 0.717) is 6.61 Å². The van der Waals surface area contributed by atoms with E-state index in [2.05, 4.69) is 45.5 Å². The van der Waals surface area contributed by atoms with Crippen LogP contribution in [0.3, 0.4) is 0 Å². The molecule has 2 aromatic rings. The average molecular weight is 297 g/mol. The molecule has 1 fully saturated rings. The summed E-state index contributed by atoms with van der Waals surface area (Å²) in [6.45, 7) is 6.80. The van der Waals surface area contributed by atoms with Gasteiger partial charge in [-0.2, -0.15) is 0 Å². The van der Waals surface area contributed by atoms with Gasteiger partial charge in [-0.3, -0.25) is 9.88 Å².